The first-order valence-corrected chi connectivity index (χ1v) is 9.20. The van der Waals surface area contributed by atoms with Gasteiger partial charge in [0, 0.05) is 57.4 Å². The third-order valence-corrected chi connectivity index (χ3v) is 5.45. The first kappa shape index (κ1) is 19.7. The van der Waals surface area contributed by atoms with Crippen LogP contribution in [0.15, 0.2) is 18.2 Å². The van der Waals surface area contributed by atoms with Gasteiger partial charge in [-0.3, -0.25) is 14.5 Å². The first-order valence-electron chi connectivity index (χ1n) is 9.20. The van der Waals surface area contributed by atoms with Crippen molar-refractivity contribution in [3.05, 3.63) is 35.4 Å². The van der Waals surface area contributed by atoms with Gasteiger partial charge in [0.05, 0.1) is 11.8 Å². The summed E-state index contributed by atoms with van der Waals surface area (Å²) >= 11 is 0. The Balaban J connectivity index is 1.71. The summed E-state index contributed by atoms with van der Waals surface area (Å²) in [4.78, 5) is 30.2. The molecule has 2 aliphatic rings. The van der Waals surface area contributed by atoms with Crippen LogP contribution in [0.4, 0.5) is 8.78 Å². The largest absolute Gasteiger partial charge is 0.481 e. The van der Waals surface area contributed by atoms with Crippen LogP contribution in [-0.2, 0) is 16.1 Å². The number of aliphatic carboxylic acids is 1. The summed E-state index contributed by atoms with van der Waals surface area (Å²) in [7, 11) is 2.00. The Hall–Kier alpha value is -2.06. The van der Waals surface area contributed by atoms with Crippen molar-refractivity contribution in [2.45, 2.75) is 13.0 Å². The van der Waals surface area contributed by atoms with Crippen LogP contribution in [-0.4, -0.2) is 78.0 Å². The molecule has 1 amide bonds. The molecule has 1 aromatic carbocycles. The SMILES string of the molecule is CN1CCN(C(=O)[C@@H]2C[C@H](C(=O)O)CN(Cc3ccc(F)cc3F)C2)CC1. The summed E-state index contributed by atoms with van der Waals surface area (Å²) in [5, 5.41) is 9.48. The lowest BCUT2D eigenvalue weighted by molar-refractivity contribution is -0.148. The van der Waals surface area contributed by atoms with Gasteiger partial charge < -0.3 is 14.9 Å². The van der Waals surface area contributed by atoms with E-state index in [1.54, 1.807) is 9.80 Å². The monoisotopic (exact) mass is 381 g/mol. The van der Waals surface area contributed by atoms with Crippen molar-refractivity contribution in [1.82, 2.24) is 14.7 Å². The summed E-state index contributed by atoms with van der Waals surface area (Å²) in [6, 6.07) is 3.37. The molecule has 2 fully saturated rings. The van der Waals surface area contributed by atoms with Crippen LogP contribution in [0.1, 0.15) is 12.0 Å². The average molecular weight is 381 g/mol. The van der Waals surface area contributed by atoms with E-state index in [1.165, 1.54) is 12.1 Å². The second kappa shape index (κ2) is 8.31. The molecular formula is C19H25F2N3O3. The standard InChI is InChI=1S/C19H25F2N3O3/c1-22-4-6-24(7-5-22)18(25)14-8-15(19(26)27)12-23(11-14)10-13-2-3-16(20)9-17(13)21/h2-3,9,14-15H,4-8,10-12H2,1H3,(H,26,27)/t14-,15+/m1/s1. The van der Waals surface area contributed by atoms with Gasteiger partial charge in [0.25, 0.3) is 0 Å². The van der Waals surface area contributed by atoms with Crippen LogP contribution >= 0.6 is 0 Å². The third-order valence-electron chi connectivity index (χ3n) is 5.45. The van der Waals surface area contributed by atoms with Crippen LogP contribution < -0.4 is 0 Å². The Morgan fingerprint density at radius 3 is 2.41 bits per heavy atom. The van der Waals surface area contributed by atoms with E-state index in [-0.39, 0.29) is 19.0 Å². The molecule has 1 N–H and O–H groups in total. The average Bonchev–Trinajstić information content (AvgIpc) is 2.64. The van der Waals surface area contributed by atoms with E-state index in [1.807, 2.05) is 7.05 Å². The molecule has 2 aliphatic heterocycles. The van der Waals surface area contributed by atoms with Crippen LogP contribution in [0.2, 0.25) is 0 Å². The molecule has 148 valence electrons. The maximum absolute atomic E-state index is 14.0. The van der Waals surface area contributed by atoms with E-state index in [0.717, 1.165) is 19.2 Å². The Kier molecular flexibility index (Phi) is 6.06. The number of hydrogen-bond donors (Lipinski definition) is 1. The van der Waals surface area contributed by atoms with Crippen molar-refractivity contribution in [3.63, 3.8) is 0 Å². The fourth-order valence-corrected chi connectivity index (χ4v) is 3.85. The summed E-state index contributed by atoms with van der Waals surface area (Å²) in [6.07, 6.45) is 0.295. The molecule has 1 aromatic rings. The number of carboxylic acids is 1. The highest BCUT2D eigenvalue weighted by atomic mass is 19.1. The highest BCUT2D eigenvalue weighted by molar-refractivity contribution is 5.80. The molecule has 0 unspecified atom stereocenters. The van der Waals surface area contributed by atoms with Gasteiger partial charge in [-0.25, -0.2) is 8.78 Å². The molecule has 3 rings (SSSR count). The molecule has 0 aliphatic carbocycles. The predicted octanol–water partition coefficient (Wildman–Crippen LogP) is 1.26. The van der Waals surface area contributed by atoms with Gasteiger partial charge >= 0.3 is 5.97 Å². The van der Waals surface area contributed by atoms with Crippen molar-refractivity contribution in [3.8, 4) is 0 Å². The van der Waals surface area contributed by atoms with E-state index >= 15 is 0 Å². The highest BCUT2D eigenvalue weighted by Crippen LogP contribution is 2.26. The van der Waals surface area contributed by atoms with Gasteiger partial charge in [-0.2, -0.15) is 0 Å². The zero-order valence-electron chi connectivity index (χ0n) is 15.4. The van der Waals surface area contributed by atoms with E-state index in [2.05, 4.69) is 4.90 Å². The van der Waals surface area contributed by atoms with Crippen molar-refractivity contribution >= 4 is 11.9 Å². The summed E-state index contributed by atoms with van der Waals surface area (Å²) in [6.45, 7) is 3.65. The van der Waals surface area contributed by atoms with Gasteiger partial charge in [-0.05, 0) is 19.5 Å². The number of nitrogens with zero attached hydrogens (tertiary/aromatic N) is 3. The number of piperazine rings is 1. The molecule has 2 atom stereocenters. The minimum atomic E-state index is -0.949. The Bertz CT molecular complexity index is 707. The lowest BCUT2D eigenvalue weighted by atomic mass is 9.87. The molecule has 0 radical (unpaired) electrons. The topological polar surface area (TPSA) is 64.1 Å². The molecule has 0 saturated carbocycles. The zero-order valence-corrected chi connectivity index (χ0v) is 15.4. The van der Waals surface area contributed by atoms with Crippen molar-refractivity contribution in [2.24, 2.45) is 11.8 Å². The second-order valence-electron chi connectivity index (χ2n) is 7.53. The maximum Gasteiger partial charge on any atom is 0.307 e. The molecule has 27 heavy (non-hydrogen) atoms. The van der Waals surface area contributed by atoms with Gasteiger partial charge in [0.15, 0.2) is 0 Å². The van der Waals surface area contributed by atoms with Crippen LogP contribution in [0.3, 0.4) is 0 Å². The smallest absolute Gasteiger partial charge is 0.307 e. The number of halogens is 2. The number of amides is 1. The van der Waals surface area contributed by atoms with Gasteiger partial charge in [-0.15, -0.1) is 0 Å². The van der Waals surface area contributed by atoms with Gasteiger partial charge in [0.1, 0.15) is 11.6 Å². The molecular weight excluding hydrogens is 356 g/mol. The normalized spacial score (nSPS) is 24.8. The summed E-state index contributed by atoms with van der Waals surface area (Å²) in [5.74, 6) is -3.39. The van der Waals surface area contributed by atoms with E-state index < -0.39 is 29.4 Å². The molecule has 8 heteroatoms. The highest BCUT2D eigenvalue weighted by Gasteiger charge is 2.37. The quantitative estimate of drug-likeness (QED) is 0.851. The third kappa shape index (κ3) is 4.81. The van der Waals surface area contributed by atoms with Crippen LogP contribution in [0, 0.1) is 23.5 Å². The molecule has 0 aromatic heterocycles. The minimum absolute atomic E-state index is 0.0290. The van der Waals surface area contributed by atoms with Crippen molar-refractivity contribution < 1.29 is 23.5 Å². The van der Waals surface area contributed by atoms with Crippen molar-refractivity contribution in [1.29, 1.82) is 0 Å². The lowest BCUT2D eigenvalue weighted by Gasteiger charge is -2.39. The van der Waals surface area contributed by atoms with Gasteiger partial charge in [0.2, 0.25) is 5.91 Å². The number of rotatable bonds is 4. The second-order valence-corrected chi connectivity index (χ2v) is 7.53. The Morgan fingerprint density at radius 1 is 1.11 bits per heavy atom. The number of likely N-dealkylation sites (tertiary alicyclic amines) is 1. The van der Waals surface area contributed by atoms with E-state index in [9.17, 15) is 23.5 Å². The van der Waals surface area contributed by atoms with Gasteiger partial charge in [-0.1, -0.05) is 6.07 Å². The molecule has 0 bridgehead atoms. The van der Waals surface area contributed by atoms with Crippen molar-refractivity contribution in [2.75, 3.05) is 46.3 Å². The van der Waals surface area contributed by atoms with Crippen LogP contribution in [0.25, 0.3) is 0 Å². The summed E-state index contributed by atoms with van der Waals surface area (Å²) < 4.78 is 27.1. The zero-order chi connectivity index (χ0) is 19.6. The molecule has 2 saturated heterocycles. The number of carboxylic acid groups (broad SMARTS) is 1. The lowest BCUT2D eigenvalue weighted by Crippen LogP contribution is -2.53. The Morgan fingerprint density at radius 2 is 1.78 bits per heavy atom. The number of carbonyl (C=O) groups is 2. The number of piperidine rings is 1. The van der Waals surface area contributed by atoms with E-state index in [4.69, 9.17) is 0 Å². The molecule has 6 nitrogen and oxygen atoms in total. The number of benzene rings is 1. The maximum atomic E-state index is 14.0. The predicted molar refractivity (Wildman–Crippen MR) is 94.9 cm³/mol. The fourth-order valence-electron chi connectivity index (χ4n) is 3.85. The molecule has 2 heterocycles. The first-order chi connectivity index (χ1) is 12.8. The molecule has 0 spiro atoms. The number of likely N-dealkylation sites (N-methyl/N-ethyl adjacent to an activating group) is 1. The minimum Gasteiger partial charge on any atom is -0.481 e. The van der Waals surface area contributed by atoms with E-state index in [0.29, 0.717) is 31.6 Å². The van der Waals surface area contributed by atoms with Crippen LogP contribution in [0.5, 0.6) is 0 Å². The Labute approximate surface area is 157 Å². The number of hydrogen-bond acceptors (Lipinski definition) is 4. The summed E-state index contributed by atoms with van der Waals surface area (Å²) in [5.41, 5.74) is 0.299. The fraction of sp³-hybridized carbons (Fsp3) is 0.579. The number of carbonyl (C=O) groups excluding carboxylic acids is 1.